The van der Waals surface area contributed by atoms with Gasteiger partial charge in [-0.3, -0.25) is 0 Å². The number of anilines is 1. The van der Waals surface area contributed by atoms with Gasteiger partial charge in [-0.05, 0) is 36.8 Å². The minimum Gasteiger partial charge on any atom is -0.362 e. The molecule has 0 amide bonds. The highest BCUT2D eigenvalue weighted by atomic mass is 19.3. The Morgan fingerprint density at radius 2 is 1.85 bits per heavy atom. The van der Waals surface area contributed by atoms with Crippen LogP contribution in [0.1, 0.15) is 23.6 Å². The number of aromatic nitrogens is 4. The van der Waals surface area contributed by atoms with Crippen molar-refractivity contribution in [3.8, 4) is 0 Å². The van der Waals surface area contributed by atoms with E-state index in [-0.39, 0.29) is 0 Å². The zero-order valence-corrected chi connectivity index (χ0v) is 14.4. The lowest BCUT2D eigenvalue weighted by atomic mass is 10.2. The standard InChI is InChI=1S/C19H17F2N5/c1-11-7-8-15-14(9-11)23-16(26(15)2)10-22-18-12-5-3-4-6-13(12)24-19(25-18)17(20)21/h3-9,17H,10H2,1-2H3,(H,22,24,25). The molecule has 0 unspecified atom stereocenters. The first-order chi connectivity index (χ1) is 12.5. The molecule has 0 aliphatic carbocycles. The molecule has 0 aliphatic rings. The van der Waals surface area contributed by atoms with E-state index < -0.39 is 12.2 Å². The number of nitrogens with one attached hydrogen (secondary N) is 1. The van der Waals surface area contributed by atoms with Crippen molar-refractivity contribution in [1.29, 1.82) is 0 Å². The topological polar surface area (TPSA) is 55.6 Å². The van der Waals surface area contributed by atoms with Crippen LogP contribution in [0.25, 0.3) is 21.9 Å². The SMILES string of the molecule is Cc1ccc2c(c1)nc(CNc1nc(C(F)F)nc3ccccc13)n2C. The van der Waals surface area contributed by atoms with Gasteiger partial charge in [-0.25, -0.2) is 23.7 Å². The first-order valence-electron chi connectivity index (χ1n) is 8.23. The third kappa shape index (κ3) is 2.85. The Hall–Kier alpha value is -3.09. The predicted octanol–water partition coefficient (Wildman–Crippen LogP) is 4.37. The van der Waals surface area contributed by atoms with Crippen LogP contribution < -0.4 is 5.32 Å². The number of benzene rings is 2. The van der Waals surface area contributed by atoms with Gasteiger partial charge in [0.15, 0.2) is 5.82 Å². The highest BCUT2D eigenvalue weighted by Gasteiger charge is 2.15. The molecule has 2 aromatic heterocycles. The number of nitrogens with zero attached hydrogens (tertiary/aromatic N) is 4. The van der Waals surface area contributed by atoms with Crippen LogP contribution in [-0.2, 0) is 13.6 Å². The van der Waals surface area contributed by atoms with E-state index in [4.69, 9.17) is 0 Å². The molecule has 0 bridgehead atoms. The van der Waals surface area contributed by atoms with Gasteiger partial charge >= 0.3 is 0 Å². The summed E-state index contributed by atoms with van der Waals surface area (Å²) in [4.78, 5) is 12.6. The van der Waals surface area contributed by atoms with Gasteiger partial charge in [-0.2, -0.15) is 0 Å². The van der Waals surface area contributed by atoms with E-state index in [2.05, 4.69) is 20.3 Å². The van der Waals surface area contributed by atoms with Gasteiger partial charge in [0.25, 0.3) is 6.43 Å². The fraction of sp³-hybridized carbons (Fsp3) is 0.211. The van der Waals surface area contributed by atoms with Crippen LogP contribution in [0.15, 0.2) is 42.5 Å². The van der Waals surface area contributed by atoms with Gasteiger partial charge in [0, 0.05) is 12.4 Å². The summed E-state index contributed by atoms with van der Waals surface area (Å²) in [5, 5.41) is 3.85. The molecule has 0 aliphatic heterocycles. The van der Waals surface area contributed by atoms with E-state index in [1.807, 2.05) is 48.9 Å². The molecule has 2 heterocycles. The largest absolute Gasteiger partial charge is 0.362 e. The Morgan fingerprint density at radius 3 is 2.65 bits per heavy atom. The summed E-state index contributed by atoms with van der Waals surface area (Å²) in [7, 11) is 1.93. The number of rotatable bonds is 4. The van der Waals surface area contributed by atoms with E-state index in [0.29, 0.717) is 23.3 Å². The molecule has 26 heavy (non-hydrogen) atoms. The number of imidazole rings is 1. The van der Waals surface area contributed by atoms with Gasteiger partial charge in [-0.1, -0.05) is 18.2 Å². The maximum Gasteiger partial charge on any atom is 0.297 e. The zero-order valence-electron chi connectivity index (χ0n) is 14.4. The van der Waals surface area contributed by atoms with E-state index in [1.54, 1.807) is 12.1 Å². The maximum absolute atomic E-state index is 13.1. The molecule has 4 rings (SSSR count). The summed E-state index contributed by atoms with van der Waals surface area (Å²) >= 11 is 0. The number of hydrogen-bond acceptors (Lipinski definition) is 4. The maximum atomic E-state index is 13.1. The molecule has 0 spiro atoms. The van der Waals surface area contributed by atoms with Crippen molar-refractivity contribution < 1.29 is 8.78 Å². The Morgan fingerprint density at radius 1 is 1.04 bits per heavy atom. The lowest BCUT2D eigenvalue weighted by molar-refractivity contribution is 0.141. The number of alkyl halides is 2. The number of halogens is 2. The number of fused-ring (bicyclic) bond motifs is 2. The molecule has 7 heteroatoms. The molecule has 2 aromatic carbocycles. The Balaban J connectivity index is 1.71. The summed E-state index contributed by atoms with van der Waals surface area (Å²) in [6.45, 7) is 2.39. The van der Waals surface area contributed by atoms with Crippen molar-refractivity contribution >= 4 is 27.8 Å². The van der Waals surface area contributed by atoms with Crippen molar-refractivity contribution in [3.63, 3.8) is 0 Å². The summed E-state index contributed by atoms with van der Waals surface area (Å²) in [6, 6.07) is 13.2. The first-order valence-corrected chi connectivity index (χ1v) is 8.23. The summed E-state index contributed by atoms with van der Waals surface area (Å²) in [5.41, 5.74) is 3.55. The van der Waals surface area contributed by atoms with Gasteiger partial charge in [0.2, 0.25) is 0 Å². The Kier molecular flexibility index (Phi) is 3.99. The van der Waals surface area contributed by atoms with Crippen LogP contribution in [0.4, 0.5) is 14.6 Å². The van der Waals surface area contributed by atoms with Crippen LogP contribution in [0.2, 0.25) is 0 Å². The smallest absolute Gasteiger partial charge is 0.297 e. The van der Waals surface area contributed by atoms with Gasteiger partial charge in [-0.15, -0.1) is 0 Å². The molecular formula is C19H17F2N5. The predicted molar refractivity (Wildman–Crippen MR) is 97.3 cm³/mol. The average molecular weight is 353 g/mol. The third-order valence-electron chi connectivity index (χ3n) is 4.36. The highest BCUT2D eigenvalue weighted by molar-refractivity contribution is 5.89. The Bertz CT molecular complexity index is 1100. The molecule has 1 N–H and O–H groups in total. The molecule has 0 saturated carbocycles. The minimum absolute atomic E-state index is 0.369. The second-order valence-corrected chi connectivity index (χ2v) is 6.18. The van der Waals surface area contributed by atoms with Crippen molar-refractivity contribution in [2.75, 3.05) is 5.32 Å². The molecule has 0 atom stereocenters. The van der Waals surface area contributed by atoms with Crippen molar-refractivity contribution in [3.05, 3.63) is 59.7 Å². The number of hydrogen-bond donors (Lipinski definition) is 1. The highest BCUT2D eigenvalue weighted by Crippen LogP contribution is 2.25. The first kappa shape index (κ1) is 16.4. The van der Waals surface area contributed by atoms with Crippen molar-refractivity contribution in [2.45, 2.75) is 19.9 Å². The molecule has 0 radical (unpaired) electrons. The second kappa shape index (κ2) is 6.33. The molecule has 5 nitrogen and oxygen atoms in total. The van der Waals surface area contributed by atoms with Crippen molar-refractivity contribution in [2.24, 2.45) is 7.05 Å². The van der Waals surface area contributed by atoms with Crippen LogP contribution in [0.5, 0.6) is 0 Å². The van der Waals surface area contributed by atoms with Crippen LogP contribution in [-0.4, -0.2) is 19.5 Å². The molecule has 0 fully saturated rings. The van der Waals surface area contributed by atoms with E-state index in [1.165, 1.54) is 0 Å². The monoisotopic (exact) mass is 353 g/mol. The third-order valence-corrected chi connectivity index (χ3v) is 4.36. The van der Waals surface area contributed by atoms with Gasteiger partial charge in [0.1, 0.15) is 11.6 Å². The number of aryl methyl sites for hydroxylation is 2. The van der Waals surface area contributed by atoms with Crippen LogP contribution >= 0.6 is 0 Å². The minimum atomic E-state index is -2.72. The van der Waals surface area contributed by atoms with Crippen molar-refractivity contribution in [1.82, 2.24) is 19.5 Å². The zero-order chi connectivity index (χ0) is 18.3. The van der Waals surface area contributed by atoms with Crippen LogP contribution in [0.3, 0.4) is 0 Å². The normalized spacial score (nSPS) is 11.6. The summed E-state index contributed by atoms with van der Waals surface area (Å²) in [5.74, 6) is 0.702. The van der Waals surface area contributed by atoms with Crippen LogP contribution in [0, 0.1) is 6.92 Å². The average Bonchev–Trinajstić information content (AvgIpc) is 2.94. The van der Waals surface area contributed by atoms with Gasteiger partial charge < -0.3 is 9.88 Å². The quantitative estimate of drug-likeness (QED) is 0.592. The fourth-order valence-corrected chi connectivity index (χ4v) is 3.01. The molecular weight excluding hydrogens is 336 g/mol. The molecule has 0 saturated heterocycles. The molecule has 4 aromatic rings. The Labute approximate surface area is 148 Å². The van der Waals surface area contributed by atoms with E-state index in [9.17, 15) is 8.78 Å². The van der Waals surface area contributed by atoms with Gasteiger partial charge in [0.05, 0.1) is 23.1 Å². The summed E-state index contributed by atoms with van der Waals surface area (Å²) < 4.78 is 28.2. The second-order valence-electron chi connectivity index (χ2n) is 6.18. The molecule has 132 valence electrons. The number of para-hydroxylation sites is 1. The van der Waals surface area contributed by atoms with E-state index >= 15 is 0 Å². The lowest BCUT2D eigenvalue weighted by Gasteiger charge is -2.10. The van der Waals surface area contributed by atoms with E-state index in [0.717, 1.165) is 22.4 Å². The lowest BCUT2D eigenvalue weighted by Crippen LogP contribution is -2.09. The summed E-state index contributed by atoms with van der Waals surface area (Å²) in [6.07, 6.45) is -2.72. The fourth-order valence-electron chi connectivity index (χ4n) is 3.01.